The normalized spacial score (nSPS) is 12.7. The maximum Gasteiger partial charge on any atom is 0.288 e. The number of benzene rings is 1. The predicted octanol–water partition coefficient (Wildman–Crippen LogP) is 5.38. The van der Waals surface area contributed by atoms with Gasteiger partial charge in [-0.3, -0.25) is 0 Å². The smallest absolute Gasteiger partial charge is 0.288 e. The van der Waals surface area contributed by atoms with Crippen LogP contribution in [0, 0.1) is 0 Å². The van der Waals surface area contributed by atoms with Gasteiger partial charge in [0.2, 0.25) is 0 Å². The van der Waals surface area contributed by atoms with Crippen molar-refractivity contribution in [2.75, 3.05) is 5.32 Å². The molecule has 1 rings (SSSR count). The Bertz CT molecular complexity index is 344. The lowest BCUT2D eigenvalue weighted by Crippen LogP contribution is -2.18. The highest BCUT2D eigenvalue weighted by Crippen LogP contribution is 2.32. The molecule has 1 aromatic rings. The van der Waals surface area contributed by atoms with Gasteiger partial charge in [-0.05, 0) is 25.0 Å². The van der Waals surface area contributed by atoms with Crippen LogP contribution in [0.4, 0.5) is 14.5 Å². The molecule has 0 aromatic heterocycles. The van der Waals surface area contributed by atoms with Crippen LogP contribution in [0.25, 0.3) is 0 Å². The molecule has 0 heterocycles. The van der Waals surface area contributed by atoms with E-state index in [2.05, 4.69) is 19.2 Å². The highest BCUT2D eigenvalue weighted by Gasteiger charge is 2.12. The van der Waals surface area contributed by atoms with Crippen molar-refractivity contribution in [1.29, 1.82) is 0 Å². The van der Waals surface area contributed by atoms with E-state index in [1.165, 1.54) is 0 Å². The number of thioether (sulfide) groups is 1. The van der Waals surface area contributed by atoms with E-state index in [9.17, 15) is 8.78 Å². The lowest BCUT2D eigenvalue weighted by atomic mass is 10.1. The van der Waals surface area contributed by atoms with Crippen molar-refractivity contribution >= 4 is 17.4 Å². The number of alkyl halides is 2. The van der Waals surface area contributed by atoms with Gasteiger partial charge in [-0.15, -0.1) is 0 Å². The van der Waals surface area contributed by atoms with Gasteiger partial charge in [0.1, 0.15) is 0 Å². The number of unbranched alkanes of at least 4 members (excludes halogenated alkanes) is 1. The molecule has 1 nitrogen and oxygen atoms in total. The largest absolute Gasteiger partial charge is 0.381 e. The van der Waals surface area contributed by atoms with Crippen molar-refractivity contribution < 1.29 is 8.78 Å². The van der Waals surface area contributed by atoms with Crippen molar-refractivity contribution in [3.63, 3.8) is 0 Å². The van der Waals surface area contributed by atoms with Crippen LogP contribution in [0.15, 0.2) is 29.2 Å². The van der Waals surface area contributed by atoms with Crippen LogP contribution < -0.4 is 5.32 Å². The maximum absolute atomic E-state index is 12.5. The first-order valence-corrected chi connectivity index (χ1v) is 7.35. The minimum atomic E-state index is -2.37. The molecule has 0 amide bonds. The van der Waals surface area contributed by atoms with Crippen LogP contribution in [0.3, 0.4) is 0 Å². The standard InChI is InChI=1S/C14H21F2NS/c1-3-5-8-11(4-2)17-12-9-6-7-10-13(12)18-14(15)16/h6-7,9-11,14,17H,3-5,8H2,1-2H3. The molecule has 18 heavy (non-hydrogen) atoms. The zero-order valence-electron chi connectivity index (χ0n) is 11.0. The summed E-state index contributed by atoms with van der Waals surface area (Å²) >= 11 is 0.606. The fraction of sp³-hybridized carbons (Fsp3) is 0.571. The third-order valence-corrected chi connectivity index (χ3v) is 3.65. The number of rotatable bonds is 8. The Morgan fingerprint density at radius 2 is 1.94 bits per heavy atom. The Labute approximate surface area is 112 Å². The van der Waals surface area contributed by atoms with E-state index in [-0.39, 0.29) is 0 Å². The van der Waals surface area contributed by atoms with Gasteiger partial charge in [-0.25, -0.2) is 0 Å². The van der Waals surface area contributed by atoms with Gasteiger partial charge in [-0.1, -0.05) is 50.6 Å². The third-order valence-electron chi connectivity index (χ3n) is 2.86. The predicted molar refractivity (Wildman–Crippen MR) is 75.5 cm³/mol. The molecule has 0 aliphatic carbocycles. The monoisotopic (exact) mass is 273 g/mol. The molecule has 0 aliphatic rings. The highest BCUT2D eigenvalue weighted by atomic mass is 32.2. The maximum atomic E-state index is 12.5. The van der Waals surface area contributed by atoms with Gasteiger partial charge in [0.05, 0.1) is 0 Å². The Hall–Kier alpha value is -0.770. The van der Waals surface area contributed by atoms with E-state index < -0.39 is 5.76 Å². The van der Waals surface area contributed by atoms with Gasteiger partial charge in [0.25, 0.3) is 5.76 Å². The van der Waals surface area contributed by atoms with E-state index in [4.69, 9.17) is 0 Å². The van der Waals surface area contributed by atoms with Crippen LogP contribution in [-0.4, -0.2) is 11.8 Å². The van der Waals surface area contributed by atoms with Gasteiger partial charge < -0.3 is 5.32 Å². The van der Waals surface area contributed by atoms with Gasteiger partial charge in [0, 0.05) is 16.6 Å². The fourth-order valence-electron chi connectivity index (χ4n) is 1.83. The second kappa shape index (κ2) is 8.35. The molecule has 4 heteroatoms. The topological polar surface area (TPSA) is 12.0 Å². The second-order valence-corrected chi connectivity index (χ2v) is 5.30. The zero-order chi connectivity index (χ0) is 13.4. The van der Waals surface area contributed by atoms with Crippen molar-refractivity contribution in [3.05, 3.63) is 24.3 Å². The molecular weight excluding hydrogens is 252 g/mol. The molecule has 1 atom stereocenters. The van der Waals surface area contributed by atoms with E-state index in [1.54, 1.807) is 12.1 Å². The summed E-state index contributed by atoms with van der Waals surface area (Å²) in [7, 11) is 0. The minimum Gasteiger partial charge on any atom is -0.381 e. The van der Waals surface area contributed by atoms with Crippen LogP contribution in [0.5, 0.6) is 0 Å². The number of halogens is 2. The van der Waals surface area contributed by atoms with Crippen molar-refractivity contribution in [1.82, 2.24) is 0 Å². The molecular formula is C14H21F2NS. The summed E-state index contributed by atoms with van der Waals surface area (Å²) in [6.45, 7) is 4.28. The average Bonchev–Trinajstić information content (AvgIpc) is 2.35. The van der Waals surface area contributed by atoms with E-state index in [1.807, 2.05) is 12.1 Å². The summed E-state index contributed by atoms with van der Waals surface area (Å²) in [6.07, 6.45) is 4.41. The molecule has 0 saturated heterocycles. The Kier molecular flexibility index (Phi) is 7.09. The van der Waals surface area contributed by atoms with Crippen molar-refractivity contribution in [2.45, 2.75) is 56.2 Å². The molecule has 0 spiro atoms. The molecule has 1 N–H and O–H groups in total. The van der Waals surface area contributed by atoms with Crippen molar-refractivity contribution in [3.8, 4) is 0 Å². The Morgan fingerprint density at radius 1 is 1.22 bits per heavy atom. The van der Waals surface area contributed by atoms with E-state index in [0.29, 0.717) is 22.7 Å². The first kappa shape index (κ1) is 15.3. The molecule has 0 aliphatic heterocycles. The van der Waals surface area contributed by atoms with Crippen LogP contribution in [0.2, 0.25) is 0 Å². The first-order valence-electron chi connectivity index (χ1n) is 6.47. The minimum absolute atomic E-state index is 0.365. The third kappa shape index (κ3) is 5.25. The number of nitrogens with one attached hydrogen (secondary N) is 1. The Morgan fingerprint density at radius 3 is 2.56 bits per heavy atom. The first-order chi connectivity index (χ1) is 8.67. The van der Waals surface area contributed by atoms with Crippen LogP contribution >= 0.6 is 11.8 Å². The summed E-state index contributed by atoms with van der Waals surface area (Å²) in [5, 5.41) is 3.38. The summed E-state index contributed by atoms with van der Waals surface area (Å²) in [6, 6.07) is 7.66. The SMILES string of the molecule is CCCCC(CC)Nc1ccccc1SC(F)F. The lowest BCUT2D eigenvalue weighted by Gasteiger charge is -2.20. The number of anilines is 1. The molecule has 0 saturated carbocycles. The molecule has 1 unspecified atom stereocenters. The zero-order valence-corrected chi connectivity index (χ0v) is 11.8. The summed E-state index contributed by atoms with van der Waals surface area (Å²) in [5.41, 5.74) is 0.825. The van der Waals surface area contributed by atoms with Gasteiger partial charge in [0.15, 0.2) is 0 Å². The average molecular weight is 273 g/mol. The summed E-state index contributed by atoms with van der Waals surface area (Å²) in [5.74, 6) is -2.37. The van der Waals surface area contributed by atoms with Crippen LogP contribution in [-0.2, 0) is 0 Å². The van der Waals surface area contributed by atoms with Crippen molar-refractivity contribution in [2.24, 2.45) is 0 Å². The van der Waals surface area contributed by atoms with E-state index in [0.717, 1.165) is 31.4 Å². The molecule has 102 valence electrons. The van der Waals surface area contributed by atoms with E-state index >= 15 is 0 Å². The quantitative estimate of drug-likeness (QED) is 0.638. The highest BCUT2D eigenvalue weighted by molar-refractivity contribution is 7.99. The fourth-order valence-corrected chi connectivity index (χ4v) is 2.44. The van der Waals surface area contributed by atoms with Crippen LogP contribution in [0.1, 0.15) is 39.5 Å². The number of hydrogen-bond donors (Lipinski definition) is 1. The summed E-state index contributed by atoms with van der Waals surface area (Å²) < 4.78 is 24.9. The molecule has 0 radical (unpaired) electrons. The van der Waals surface area contributed by atoms with Gasteiger partial charge in [-0.2, -0.15) is 8.78 Å². The number of para-hydroxylation sites is 1. The Balaban J connectivity index is 2.69. The second-order valence-electron chi connectivity index (χ2n) is 4.27. The van der Waals surface area contributed by atoms with Gasteiger partial charge >= 0.3 is 0 Å². The molecule has 1 aromatic carbocycles. The molecule has 0 fully saturated rings. The summed E-state index contributed by atoms with van der Waals surface area (Å²) in [4.78, 5) is 0.627. The lowest BCUT2D eigenvalue weighted by molar-refractivity contribution is 0.252. The number of hydrogen-bond acceptors (Lipinski definition) is 2. The molecule has 0 bridgehead atoms.